The molecule has 1 saturated carbocycles. The molecular formula is C42H68N4O2. The summed E-state index contributed by atoms with van der Waals surface area (Å²) in [7, 11) is 3.54. The van der Waals surface area contributed by atoms with E-state index in [2.05, 4.69) is 78.2 Å². The van der Waals surface area contributed by atoms with E-state index in [1.165, 1.54) is 68.1 Å². The molecule has 0 heterocycles. The molecule has 2 aromatic carbocycles. The van der Waals surface area contributed by atoms with E-state index >= 15 is 0 Å². The number of unbranched alkanes of at least 4 members (excludes halogenated alkanes) is 2. The molecule has 6 nitrogen and oxygen atoms in total. The van der Waals surface area contributed by atoms with Crippen LogP contribution in [0.2, 0.25) is 0 Å². The highest BCUT2D eigenvalue weighted by atomic mass is 16.5. The van der Waals surface area contributed by atoms with Crippen LogP contribution in [0.1, 0.15) is 151 Å². The van der Waals surface area contributed by atoms with E-state index in [0.717, 1.165) is 66.7 Å². The van der Waals surface area contributed by atoms with Crippen molar-refractivity contribution in [3.63, 3.8) is 0 Å². The van der Waals surface area contributed by atoms with Crippen LogP contribution in [0.3, 0.4) is 0 Å². The van der Waals surface area contributed by atoms with Gasteiger partial charge in [0.1, 0.15) is 11.5 Å². The maximum absolute atomic E-state index is 5.95. The molecule has 0 radical (unpaired) electrons. The number of hydrogen-bond donors (Lipinski definition) is 2. The second kappa shape index (κ2) is 19.5. The van der Waals surface area contributed by atoms with Crippen molar-refractivity contribution in [2.45, 2.75) is 154 Å². The Kier molecular flexibility index (Phi) is 16.1. The summed E-state index contributed by atoms with van der Waals surface area (Å²) >= 11 is 0. The van der Waals surface area contributed by atoms with E-state index in [4.69, 9.17) is 30.9 Å². The van der Waals surface area contributed by atoms with Gasteiger partial charge >= 0.3 is 0 Å². The van der Waals surface area contributed by atoms with Gasteiger partial charge in [0.05, 0.1) is 26.3 Å². The van der Waals surface area contributed by atoms with Crippen LogP contribution in [0, 0.1) is 13.8 Å². The lowest BCUT2D eigenvalue weighted by Crippen LogP contribution is -2.27. The van der Waals surface area contributed by atoms with Crippen molar-refractivity contribution in [3.8, 4) is 11.5 Å². The third-order valence-corrected chi connectivity index (χ3v) is 10.9. The van der Waals surface area contributed by atoms with Crippen molar-refractivity contribution in [2.75, 3.05) is 27.3 Å². The Morgan fingerprint density at radius 1 is 0.667 bits per heavy atom. The van der Waals surface area contributed by atoms with Crippen molar-refractivity contribution in [2.24, 2.45) is 21.5 Å². The first kappa shape index (κ1) is 39.7. The van der Waals surface area contributed by atoms with Gasteiger partial charge in [-0.3, -0.25) is 9.98 Å². The molecule has 6 heteroatoms. The lowest BCUT2D eigenvalue weighted by Gasteiger charge is -2.32. The molecule has 0 unspecified atom stereocenters. The van der Waals surface area contributed by atoms with Gasteiger partial charge < -0.3 is 20.9 Å². The second-order valence-corrected chi connectivity index (χ2v) is 14.9. The van der Waals surface area contributed by atoms with Gasteiger partial charge in [0, 0.05) is 23.6 Å². The largest absolute Gasteiger partial charge is 0.496 e. The monoisotopic (exact) mass is 661 g/mol. The Balaban J connectivity index is 1.97. The molecular weight excluding hydrogens is 592 g/mol. The van der Waals surface area contributed by atoms with E-state index in [0.29, 0.717) is 13.1 Å². The fraction of sp³-hybridized carbons (Fsp3) is 0.667. The molecule has 2 aromatic rings. The van der Waals surface area contributed by atoms with Crippen LogP contribution in [0.25, 0.3) is 0 Å². The van der Waals surface area contributed by atoms with E-state index in [1.807, 2.05) is 0 Å². The average molecular weight is 661 g/mol. The quantitative estimate of drug-likeness (QED) is 0.138. The lowest BCUT2D eigenvalue weighted by molar-refractivity contribution is 0.372. The standard InChI is InChI=1S/C42H68N4O2/c1-9-11-19-41(5,20-12-10-2)35-25-31(3)39(47-7)33(27-35)29-45-37-17-13-14-18-38(37)46-30-34-28-36(26-32(4)40(34)48-8)42(6,21-15-23-43)22-16-24-44/h25-30,37-38H,9-24,43-44H2,1-8H3/b45-29+,46-30+/t37-,38-/m0/s1. The zero-order valence-electron chi connectivity index (χ0n) is 31.8. The Labute approximate surface area is 293 Å². The zero-order valence-corrected chi connectivity index (χ0v) is 31.8. The van der Waals surface area contributed by atoms with Crippen LogP contribution in [0.4, 0.5) is 0 Å². The summed E-state index contributed by atoms with van der Waals surface area (Å²) in [6.07, 6.45) is 19.9. The van der Waals surface area contributed by atoms with Crippen molar-refractivity contribution in [3.05, 3.63) is 57.6 Å². The number of rotatable bonds is 20. The predicted octanol–water partition coefficient (Wildman–Crippen LogP) is 9.54. The molecule has 1 fully saturated rings. The van der Waals surface area contributed by atoms with Crippen molar-refractivity contribution in [1.82, 2.24) is 0 Å². The van der Waals surface area contributed by atoms with Gasteiger partial charge in [-0.25, -0.2) is 0 Å². The van der Waals surface area contributed by atoms with E-state index in [1.54, 1.807) is 14.2 Å². The minimum Gasteiger partial charge on any atom is -0.496 e. The maximum Gasteiger partial charge on any atom is 0.130 e. The Hall–Kier alpha value is -2.70. The third-order valence-electron chi connectivity index (χ3n) is 10.9. The molecule has 0 aliphatic heterocycles. The topological polar surface area (TPSA) is 95.2 Å². The summed E-state index contributed by atoms with van der Waals surface area (Å²) in [4.78, 5) is 10.5. The molecule has 268 valence electrons. The Morgan fingerprint density at radius 2 is 1.04 bits per heavy atom. The van der Waals surface area contributed by atoms with Gasteiger partial charge in [-0.05, 0) is 124 Å². The van der Waals surface area contributed by atoms with Gasteiger partial charge in [0.15, 0.2) is 0 Å². The minimum atomic E-state index is 0.00487. The minimum absolute atomic E-state index is 0.00487. The summed E-state index contributed by atoms with van der Waals surface area (Å²) in [5, 5.41) is 0. The van der Waals surface area contributed by atoms with Gasteiger partial charge in [-0.15, -0.1) is 0 Å². The van der Waals surface area contributed by atoms with Crippen LogP contribution in [-0.2, 0) is 10.8 Å². The van der Waals surface area contributed by atoms with Crippen LogP contribution in [0.5, 0.6) is 11.5 Å². The number of nitrogens with zero attached hydrogens (tertiary/aromatic N) is 2. The molecule has 0 amide bonds. The summed E-state index contributed by atoms with van der Waals surface area (Å²) in [5.41, 5.74) is 19.2. The summed E-state index contributed by atoms with van der Waals surface area (Å²) in [6.45, 7) is 15.1. The first-order valence-corrected chi connectivity index (χ1v) is 18.9. The van der Waals surface area contributed by atoms with Gasteiger partial charge in [-0.2, -0.15) is 0 Å². The molecule has 1 aliphatic rings. The van der Waals surface area contributed by atoms with E-state index in [9.17, 15) is 0 Å². The number of benzene rings is 2. The van der Waals surface area contributed by atoms with Crippen LogP contribution in [0.15, 0.2) is 34.3 Å². The summed E-state index contributed by atoms with van der Waals surface area (Å²) in [5.74, 6) is 1.82. The highest BCUT2D eigenvalue weighted by Gasteiger charge is 2.29. The van der Waals surface area contributed by atoms with E-state index < -0.39 is 0 Å². The summed E-state index contributed by atoms with van der Waals surface area (Å²) < 4.78 is 11.9. The molecule has 0 bridgehead atoms. The first-order valence-electron chi connectivity index (χ1n) is 18.9. The highest BCUT2D eigenvalue weighted by molar-refractivity contribution is 5.86. The second-order valence-electron chi connectivity index (χ2n) is 14.9. The molecule has 3 rings (SSSR count). The molecule has 0 saturated heterocycles. The molecule has 4 N–H and O–H groups in total. The molecule has 0 aromatic heterocycles. The molecule has 1 aliphatic carbocycles. The zero-order chi connectivity index (χ0) is 35.2. The van der Waals surface area contributed by atoms with Crippen LogP contribution < -0.4 is 20.9 Å². The third kappa shape index (κ3) is 10.4. The van der Waals surface area contributed by atoms with Crippen LogP contribution >= 0.6 is 0 Å². The number of hydrogen-bond acceptors (Lipinski definition) is 6. The smallest absolute Gasteiger partial charge is 0.130 e. The molecule has 2 atom stereocenters. The van der Waals surface area contributed by atoms with Crippen molar-refractivity contribution < 1.29 is 9.47 Å². The van der Waals surface area contributed by atoms with Gasteiger partial charge in [0.2, 0.25) is 0 Å². The number of aliphatic imine (C=N–C) groups is 2. The van der Waals surface area contributed by atoms with Crippen molar-refractivity contribution in [1.29, 1.82) is 0 Å². The number of ether oxygens (including phenoxy) is 2. The van der Waals surface area contributed by atoms with Crippen molar-refractivity contribution >= 4 is 12.4 Å². The van der Waals surface area contributed by atoms with E-state index in [-0.39, 0.29) is 22.9 Å². The van der Waals surface area contributed by atoms with Gasteiger partial charge in [0.25, 0.3) is 0 Å². The number of methoxy groups -OCH3 is 2. The fourth-order valence-electron chi connectivity index (χ4n) is 7.79. The van der Waals surface area contributed by atoms with Crippen LogP contribution in [-0.4, -0.2) is 51.8 Å². The fourth-order valence-corrected chi connectivity index (χ4v) is 7.79. The number of nitrogens with two attached hydrogens (primary N) is 2. The summed E-state index contributed by atoms with van der Waals surface area (Å²) in [6, 6.07) is 9.54. The maximum atomic E-state index is 5.95. The first-order chi connectivity index (χ1) is 23.1. The van der Waals surface area contributed by atoms with Gasteiger partial charge in [-0.1, -0.05) is 78.4 Å². The molecule has 0 spiro atoms. The highest BCUT2D eigenvalue weighted by Crippen LogP contribution is 2.39. The SMILES string of the molecule is CCCCC(C)(CCCC)c1cc(C)c(OC)c(/C=N/[C@H]2CCCC[C@@H]2/N=C/c2cc(C(C)(CCCN)CCCN)cc(C)c2OC)c1. The Bertz CT molecular complexity index is 1220. The predicted molar refractivity (Wildman–Crippen MR) is 207 cm³/mol. The number of aryl methyl sites for hydroxylation is 2. The lowest BCUT2D eigenvalue weighted by atomic mass is 9.73. The normalized spacial score (nSPS) is 17.5. The Morgan fingerprint density at radius 3 is 1.38 bits per heavy atom. The molecule has 48 heavy (non-hydrogen) atoms. The average Bonchev–Trinajstić information content (AvgIpc) is 3.09.